The summed E-state index contributed by atoms with van der Waals surface area (Å²) in [5.41, 5.74) is -0.181. The van der Waals surface area contributed by atoms with E-state index in [0.29, 0.717) is 17.4 Å². The Morgan fingerprint density at radius 1 is 1.77 bits per heavy atom. The van der Waals surface area contributed by atoms with Crippen molar-refractivity contribution in [1.82, 2.24) is 0 Å². The van der Waals surface area contributed by atoms with E-state index in [4.69, 9.17) is 11.6 Å². The van der Waals surface area contributed by atoms with Crippen molar-refractivity contribution in [3.8, 4) is 0 Å². The van der Waals surface area contributed by atoms with E-state index < -0.39 is 0 Å². The van der Waals surface area contributed by atoms with Gasteiger partial charge < -0.3 is 4.79 Å². The van der Waals surface area contributed by atoms with Crippen molar-refractivity contribution in [2.24, 2.45) is 11.3 Å². The fourth-order valence-electron chi connectivity index (χ4n) is 2.31. The predicted octanol–water partition coefficient (Wildman–Crippen LogP) is 3.52. The van der Waals surface area contributed by atoms with Crippen molar-refractivity contribution in [2.45, 2.75) is 39.0 Å². The van der Waals surface area contributed by atoms with Crippen LogP contribution in [0, 0.1) is 11.3 Å². The Labute approximate surface area is 85.2 Å². The fourth-order valence-corrected chi connectivity index (χ4v) is 2.58. The van der Waals surface area contributed by atoms with Crippen LogP contribution in [0.25, 0.3) is 0 Å². The number of halogens is 1. The quantitative estimate of drug-likeness (QED) is 0.635. The van der Waals surface area contributed by atoms with Crippen LogP contribution in [-0.4, -0.2) is 6.29 Å². The van der Waals surface area contributed by atoms with E-state index in [9.17, 15) is 4.79 Å². The molecule has 1 aliphatic carbocycles. The molecule has 2 atom stereocenters. The van der Waals surface area contributed by atoms with Gasteiger partial charge in [0.2, 0.25) is 0 Å². The van der Waals surface area contributed by atoms with Crippen LogP contribution in [0.3, 0.4) is 0 Å². The number of hydrogen-bond donors (Lipinski definition) is 0. The SMILES string of the molecule is C=C(Cl)CC1(C=O)CCC(CC)C1. The third kappa shape index (κ3) is 2.57. The number of allylic oxidation sites excluding steroid dienone is 1. The zero-order valence-electron chi connectivity index (χ0n) is 8.18. The molecule has 13 heavy (non-hydrogen) atoms. The second kappa shape index (κ2) is 4.28. The van der Waals surface area contributed by atoms with E-state index in [2.05, 4.69) is 13.5 Å². The lowest BCUT2D eigenvalue weighted by molar-refractivity contribution is -0.116. The van der Waals surface area contributed by atoms with Gasteiger partial charge >= 0.3 is 0 Å². The van der Waals surface area contributed by atoms with Gasteiger partial charge in [0.1, 0.15) is 6.29 Å². The van der Waals surface area contributed by atoms with Gasteiger partial charge in [0.25, 0.3) is 0 Å². The summed E-state index contributed by atoms with van der Waals surface area (Å²) in [7, 11) is 0. The van der Waals surface area contributed by atoms with Crippen molar-refractivity contribution < 1.29 is 4.79 Å². The highest BCUT2D eigenvalue weighted by atomic mass is 35.5. The molecule has 0 amide bonds. The molecule has 0 saturated heterocycles. The molecule has 0 aliphatic heterocycles. The molecule has 2 heteroatoms. The molecular weight excluding hydrogens is 184 g/mol. The minimum atomic E-state index is -0.181. The summed E-state index contributed by atoms with van der Waals surface area (Å²) < 4.78 is 0. The van der Waals surface area contributed by atoms with Crippen LogP contribution in [-0.2, 0) is 4.79 Å². The first-order valence-corrected chi connectivity index (χ1v) is 5.29. The van der Waals surface area contributed by atoms with Crippen LogP contribution in [0.5, 0.6) is 0 Å². The van der Waals surface area contributed by atoms with Gasteiger partial charge in [-0.1, -0.05) is 31.5 Å². The Kier molecular flexibility index (Phi) is 3.55. The van der Waals surface area contributed by atoms with Gasteiger partial charge in [-0.05, 0) is 31.6 Å². The molecule has 1 aliphatic rings. The molecule has 0 spiro atoms. The average Bonchev–Trinajstić information content (AvgIpc) is 2.48. The van der Waals surface area contributed by atoms with E-state index in [1.807, 2.05) is 0 Å². The first-order valence-electron chi connectivity index (χ1n) is 4.91. The lowest BCUT2D eigenvalue weighted by atomic mass is 9.83. The summed E-state index contributed by atoms with van der Waals surface area (Å²) in [6.45, 7) is 5.85. The zero-order chi connectivity index (χ0) is 9.90. The number of carbonyl (C=O) groups excluding carboxylic acids is 1. The normalized spacial score (nSPS) is 33.2. The molecule has 0 bridgehead atoms. The number of hydrogen-bond acceptors (Lipinski definition) is 1. The monoisotopic (exact) mass is 200 g/mol. The van der Waals surface area contributed by atoms with Gasteiger partial charge in [0.15, 0.2) is 0 Å². The molecule has 1 fully saturated rings. The highest BCUT2D eigenvalue weighted by Crippen LogP contribution is 2.45. The van der Waals surface area contributed by atoms with E-state index in [-0.39, 0.29) is 5.41 Å². The van der Waals surface area contributed by atoms with Crippen molar-refractivity contribution in [1.29, 1.82) is 0 Å². The predicted molar refractivity (Wildman–Crippen MR) is 55.7 cm³/mol. The highest BCUT2D eigenvalue weighted by Gasteiger charge is 2.38. The second-order valence-electron chi connectivity index (χ2n) is 4.19. The summed E-state index contributed by atoms with van der Waals surface area (Å²) >= 11 is 5.76. The van der Waals surface area contributed by atoms with E-state index in [0.717, 1.165) is 19.1 Å². The third-order valence-corrected chi connectivity index (χ3v) is 3.25. The van der Waals surface area contributed by atoms with Crippen molar-refractivity contribution in [2.75, 3.05) is 0 Å². The summed E-state index contributed by atoms with van der Waals surface area (Å²) in [6, 6.07) is 0. The van der Waals surface area contributed by atoms with E-state index >= 15 is 0 Å². The first-order chi connectivity index (χ1) is 6.12. The van der Waals surface area contributed by atoms with Gasteiger partial charge in [0.05, 0.1) is 0 Å². The van der Waals surface area contributed by atoms with Crippen LogP contribution in [0.1, 0.15) is 39.0 Å². The molecule has 0 radical (unpaired) electrons. The summed E-state index contributed by atoms with van der Waals surface area (Å²) in [5, 5.41) is 0.615. The Balaban J connectivity index is 2.62. The topological polar surface area (TPSA) is 17.1 Å². The Bertz CT molecular complexity index is 212. The van der Waals surface area contributed by atoms with Crippen LogP contribution < -0.4 is 0 Å². The Hall–Kier alpha value is -0.300. The average molecular weight is 201 g/mol. The molecule has 0 aromatic carbocycles. The zero-order valence-corrected chi connectivity index (χ0v) is 8.94. The maximum atomic E-state index is 11.0. The van der Waals surface area contributed by atoms with Crippen molar-refractivity contribution >= 4 is 17.9 Å². The molecule has 74 valence electrons. The van der Waals surface area contributed by atoms with Crippen LogP contribution in [0.2, 0.25) is 0 Å². The summed E-state index contributed by atoms with van der Waals surface area (Å²) in [6.07, 6.45) is 6.08. The van der Waals surface area contributed by atoms with Crippen molar-refractivity contribution in [3.05, 3.63) is 11.6 Å². The number of aldehydes is 1. The molecule has 0 heterocycles. The van der Waals surface area contributed by atoms with Gasteiger partial charge in [-0.25, -0.2) is 0 Å². The summed E-state index contributed by atoms with van der Waals surface area (Å²) in [4.78, 5) is 11.0. The molecule has 2 unspecified atom stereocenters. The van der Waals surface area contributed by atoms with E-state index in [1.165, 1.54) is 12.8 Å². The first kappa shape index (κ1) is 10.8. The molecule has 1 nitrogen and oxygen atoms in total. The van der Waals surface area contributed by atoms with Crippen LogP contribution in [0.4, 0.5) is 0 Å². The highest BCUT2D eigenvalue weighted by molar-refractivity contribution is 6.29. The smallest absolute Gasteiger partial charge is 0.126 e. The molecule has 0 aromatic heterocycles. The van der Waals surface area contributed by atoms with Gasteiger partial charge in [-0.2, -0.15) is 0 Å². The molecule has 1 saturated carbocycles. The maximum Gasteiger partial charge on any atom is 0.126 e. The lowest BCUT2D eigenvalue weighted by Crippen LogP contribution is -2.18. The molecule has 1 rings (SSSR count). The van der Waals surface area contributed by atoms with Gasteiger partial charge in [-0.3, -0.25) is 0 Å². The summed E-state index contributed by atoms with van der Waals surface area (Å²) in [5.74, 6) is 0.709. The maximum absolute atomic E-state index is 11.0. The van der Waals surface area contributed by atoms with Crippen LogP contribution in [0.15, 0.2) is 11.6 Å². The second-order valence-corrected chi connectivity index (χ2v) is 4.73. The fraction of sp³-hybridized carbons (Fsp3) is 0.727. The standard InChI is InChI=1S/C11H17ClO/c1-3-10-4-5-11(7-10,8-13)6-9(2)12/h8,10H,2-7H2,1H3. The largest absolute Gasteiger partial charge is 0.303 e. The van der Waals surface area contributed by atoms with Crippen LogP contribution >= 0.6 is 11.6 Å². The third-order valence-electron chi connectivity index (χ3n) is 3.12. The lowest BCUT2D eigenvalue weighted by Gasteiger charge is -2.21. The molecule has 0 N–H and O–H groups in total. The number of carbonyl (C=O) groups is 1. The molecular formula is C11H17ClO. The minimum Gasteiger partial charge on any atom is -0.303 e. The van der Waals surface area contributed by atoms with Gasteiger partial charge in [0, 0.05) is 10.4 Å². The van der Waals surface area contributed by atoms with Gasteiger partial charge in [-0.15, -0.1) is 0 Å². The number of rotatable bonds is 4. The Morgan fingerprint density at radius 2 is 2.46 bits per heavy atom. The van der Waals surface area contributed by atoms with E-state index in [1.54, 1.807) is 0 Å². The van der Waals surface area contributed by atoms with Crippen molar-refractivity contribution in [3.63, 3.8) is 0 Å². The minimum absolute atomic E-state index is 0.181. The molecule has 0 aromatic rings. The Morgan fingerprint density at radius 3 is 2.85 bits per heavy atom.